The predicted octanol–water partition coefficient (Wildman–Crippen LogP) is 5.87. The molecule has 0 aliphatic carbocycles. The van der Waals surface area contributed by atoms with Crippen LogP contribution in [0.3, 0.4) is 0 Å². The summed E-state index contributed by atoms with van der Waals surface area (Å²) in [6, 6.07) is 26.9. The summed E-state index contributed by atoms with van der Waals surface area (Å²) in [6.07, 6.45) is 1.36. The molecule has 0 radical (unpaired) electrons. The minimum atomic E-state index is -0.420. The van der Waals surface area contributed by atoms with Crippen molar-refractivity contribution in [2.75, 3.05) is 36.4 Å². The van der Waals surface area contributed by atoms with E-state index in [1.54, 1.807) is 24.3 Å². The van der Waals surface area contributed by atoms with Gasteiger partial charge < -0.3 is 10.2 Å². The molecule has 5 rings (SSSR count). The quantitative estimate of drug-likeness (QED) is 0.185. The van der Waals surface area contributed by atoms with Crippen molar-refractivity contribution in [3.8, 4) is 0 Å². The normalized spacial score (nSPS) is 14.1. The highest BCUT2D eigenvalue weighted by atomic mass is 16.6. The van der Waals surface area contributed by atoms with Crippen molar-refractivity contribution in [2.45, 2.75) is 6.54 Å². The Hall–Kier alpha value is -4.70. The smallest absolute Gasteiger partial charge is 0.348 e. The highest BCUT2D eigenvalue weighted by molar-refractivity contribution is 5.74. The third-order valence-corrected chi connectivity index (χ3v) is 6.07. The maximum absolute atomic E-state index is 12.1. The molecule has 1 aliphatic rings. The van der Waals surface area contributed by atoms with E-state index in [1.807, 2.05) is 53.4 Å². The zero-order chi connectivity index (χ0) is 25.5. The van der Waals surface area contributed by atoms with Crippen LogP contribution in [-0.2, 0) is 6.54 Å². The van der Waals surface area contributed by atoms with Crippen molar-refractivity contribution in [3.63, 3.8) is 0 Å². The number of aromatic nitrogens is 2. The number of nitrogens with one attached hydrogen (secondary N) is 1. The summed E-state index contributed by atoms with van der Waals surface area (Å²) in [7, 11) is 0. The van der Waals surface area contributed by atoms with Crippen LogP contribution in [0, 0.1) is 10.1 Å². The molecule has 0 unspecified atom stereocenters. The highest BCUT2D eigenvalue weighted by Crippen LogP contribution is 2.34. The van der Waals surface area contributed by atoms with Gasteiger partial charge in [-0.3, -0.25) is 15.0 Å². The van der Waals surface area contributed by atoms with Crippen molar-refractivity contribution in [2.24, 2.45) is 10.2 Å². The molecule has 3 aromatic carbocycles. The van der Waals surface area contributed by atoms with Crippen molar-refractivity contribution >= 4 is 34.4 Å². The summed E-state index contributed by atoms with van der Waals surface area (Å²) < 4.78 is 0. The molecule has 1 fully saturated rings. The molecule has 4 aromatic rings. The number of azo groups is 1. The van der Waals surface area contributed by atoms with E-state index in [9.17, 15) is 10.1 Å². The monoisotopic (exact) mass is 494 g/mol. The van der Waals surface area contributed by atoms with E-state index in [4.69, 9.17) is 0 Å². The second-order valence-electron chi connectivity index (χ2n) is 8.61. The minimum Gasteiger partial charge on any atom is -0.348 e. The number of piperazine rings is 1. The Morgan fingerprint density at radius 3 is 2.08 bits per heavy atom. The SMILES string of the molecule is O=[N+]([O-])c1c(Nc2ccc(N=Nc3ccccc3)cc2)ncnc1N1CCN(Cc2ccccc2)CC1. The zero-order valence-electron chi connectivity index (χ0n) is 20.1. The standard InChI is InChI=1S/C27H26N8O2/c36-35(37)25-26(30-22-11-13-24(14-12-22)32-31-23-9-5-2-6-10-23)28-20-29-27(25)34-17-15-33(16-18-34)19-21-7-3-1-4-8-21/h1-14,20H,15-19H2,(H,28,29,30). The maximum atomic E-state index is 12.1. The van der Waals surface area contributed by atoms with Crippen LogP contribution in [0.4, 0.5) is 34.4 Å². The van der Waals surface area contributed by atoms with Crippen LogP contribution >= 0.6 is 0 Å². The van der Waals surface area contributed by atoms with Crippen LogP contribution in [0.25, 0.3) is 0 Å². The van der Waals surface area contributed by atoms with Crippen molar-refractivity contribution in [1.29, 1.82) is 0 Å². The van der Waals surface area contributed by atoms with E-state index >= 15 is 0 Å². The molecular weight excluding hydrogens is 468 g/mol. The summed E-state index contributed by atoms with van der Waals surface area (Å²) in [6.45, 7) is 3.72. The molecule has 37 heavy (non-hydrogen) atoms. The number of rotatable bonds is 8. The lowest BCUT2D eigenvalue weighted by Crippen LogP contribution is -2.46. The van der Waals surface area contributed by atoms with Gasteiger partial charge in [0.2, 0.25) is 11.6 Å². The molecule has 0 saturated carbocycles. The Morgan fingerprint density at radius 1 is 0.811 bits per heavy atom. The van der Waals surface area contributed by atoms with Crippen molar-refractivity contribution in [1.82, 2.24) is 14.9 Å². The Balaban J connectivity index is 1.27. The molecule has 0 atom stereocenters. The average molecular weight is 495 g/mol. The van der Waals surface area contributed by atoms with E-state index in [-0.39, 0.29) is 11.5 Å². The van der Waals surface area contributed by atoms with Crippen LogP contribution in [0.5, 0.6) is 0 Å². The van der Waals surface area contributed by atoms with Crippen LogP contribution in [-0.4, -0.2) is 46.0 Å². The number of anilines is 3. The Labute approximate surface area is 214 Å². The lowest BCUT2D eigenvalue weighted by atomic mass is 10.2. The van der Waals surface area contributed by atoms with Gasteiger partial charge in [-0.2, -0.15) is 10.2 Å². The fourth-order valence-corrected chi connectivity index (χ4v) is 4.18. The molecule has 2 heterocycles. The molecule has 0 spiro atoms. The van der Waals surface area contributed by atoms with Gasteiger partial charge in [0.15, 0.2) is 0 Å². The lowest BCUT2D eigenvalue weighted by Gasteiger charge is -2.35. The third-order valence-electron chi connectivity index (χ3n) is 6.07. The van der Waals surface area contributed by atoms with E-state index < -0.39 is 4.92 Å². The Morgan fingerprint density at radius 2 is 1.43 bits per heavy atom. The number of hydrogen-bond donors (Lipinski definition) is 1. The van der Waals surface area contributed by atoms with Gasteiger partial charge in [-0.15, -0.1) is 0 Å². The molecule has 1 saturated heterocycles. The summed E-state index contributed by atoms with van der Waals surface area (Å²) in [5, 5.41) is 23.6. The molecule has 1 aliphatic heterocycles. The van der Waals surface area contributed by atoms with Gasteiger partial charge in [-0.1, -0.05) is 48.5 Å². The molecule has 10 heteroatoms. The average Bonchev–Trinajstić information content (AvgIpc) is 2.94. The van der Waals surface area contributed by atoms with Crippen LogP contribution in [0.15, 0.2) is 101 Å². The van der Waals surface area contributed by atoms with Gasteiger partial charge in [-0.05, 0) is 42.0 Å². The molecule has 186 valence electrons. The van der Waals surface area contributed by atoms with Crippen LogP contribution in [0.2, 0.25) is 0 Å². The second-order valence-corrected chi connectivity index (χ2v) is 8.61. The van der Waals surface area contributed by atoms with Crippen LogP contribution in [0.1, 0.15) is 5.56 Å². The fraction of sp³-hybridized carbons (Fsp3) is 0.185. The summed E-state index contributed by atoms with van der Waals surface area (Å²) in [5.74, 6) is 0.482. The van der Waals surface area contributed by atoms with Crippen molar-refractivity contribution < 1.29 is 4.92 Å². The third kappa shape index (κ3) is 6.11. The molecular formula is C27H26N8O2. The first-order valence-electron chi connectivity index (χ1n) is 12.0. The molecule has 1 aromatic heterocycles. The van der Waals surface area contributed by atoms with Gasteiger partial charge in [-0.25, -0.2) is 9.97 Å². The van der Waals surface area contributed by atoms with Crippen LogP contribution < -0.4 is 10.2 Å². The van der Waals surface area contributed by atoms with Gasteiger partial charge in [0.25, 0.3) is 0 Å². The van der Waals surface area contributed by atoms with Gasteiger partial charge >= 0.3 is 5.69 Å². The molecule has 0 amide bonds. The Bertz CT molecular complexity index is 1360. The van der Waals surface area contributed by atoms with E-state index in [2.05, 4.69) is 42.5 Å². The number of nitro groups is 1. The van der Waals surface area contributed by atoms with Gasteiger partial charge in [0.1, 0.15) is 6.33 Å². The van der Waals surface area contributed by atoms with E-state index in [0.717, 1.165) is 25.3 Å². The number of benzene rings is 3. The first-order valence-corrected chi connectivity index (χ1v) is 12.0. The largest absolute Gasteiger partial charge is 0.353 e. The summed E-state index contributed by atoms with van der Waals surface area (Å²) in [4.78, 5) is 24.4. The molecule has 1 N–H and O–H groups in total. The van der Waals surface area contributed by atoms with E-state index in [1.165, 1.54) is 11.9 Å². The lowest BCUT2D eigenvalue weighted by molar-refractivity contribution is -0.383. The predicted molar refractivity (Wildman–Crippen MR) is 143 cm³/mol. The van der Waals surface area contributed by atoms with Gasteiger partial charge in [0.05, 0.1) is 16.3 Å². The number of nitrogens with zero attached hydrogens (tertiary/aromatic N) is 7. The van der Waals surface area contributed by atoms with Crippen molar-refractivity contribution in [3.05, 3.63) is 107 Å². The number of hydrogen-bond acceptors (Lipinski definition) is 9. The minimum absolute atomic E-state index is 0.133. The Kier molecular flexibility index (Phi) is 7.37. The van der Waals surface area contributed by atoms with Gasteiger partial charge in [0, 0.05) is 38.4 Å². The zero-order valence-corrected chi connectivity index (χ0v) is 20.1. The summed E-state index contributed by atoms with van der Waals surface area (Å²) in [5.41, 5.74) is 3.20. The first kappa shape index (κ1) is 24.0. The second kappa shape index (κ2) is 11.4. The van der Waals surface area contributed by atoms with E-state index in [0.29, 0.717) is 30.3 Å². The summed E-state index contributed by atoms with van der Waals surface area (Å²) >= 11 is 0. The molecule has 10 nitrogen and oxygen atoms in total. The topological polar surface area (TPSA) is 112 Å². The maximum Gasteiger partial charge on any atom is 0.353 e. The first-order chi connectivity index (χ1) is 18.2. The highest BCUT2D eigenvalue weighted by Gasteiger charge is 2.29. The fourth-order valence-electron chi connectivity index (χ4n) is 4.18. The molecule has 0 bridgehead atoms.